The zero-order valence-corrected chi connectivity index (χ0v) is 26.1. The number of carbonyl (C=O) groups is 2. The van der Waals surface area contributed by atoms with Crippen molar-refractivity contribution in [3.63, 3.8) is 0 Å². The first-order valence-electron chi connectivity index (χ1n) is 14.5. The monoisotopic (exact) mass is 607 g/mol. The van der Waals surface area contributed by atoms with Gasteiger partial charge in [0.1, 0.15) is 6.61 Å². The molecule has 0 heterocycles. The van der Waals surface area contributed by atoms with Gasteiger partial charge in [0.2, 0.25) is 0 Å². The molecule has 2 atom stereocenters. The highest BCUT2D eigenvalue weighted by Gasteiger charge is 2.25. The fraction of sp³-hybridized carbons (Fsp3) is 0.500. The first-order valence-corrected chi connectivity index (χ1v) is 16.0. The number of hydrogen-bond donors (Lipinski definition) is 2. The second kappa shape index (κ2) is 28.3. The van der Waals surface area contributed by atoms with E-state index < -0.39 is 32.5 Å². The Labute approximate surface area is 252 Å². The van der Waals surface area contributed by atoms with E-state index >= 15 is 0 Å². The average molecular weight is 608 g/mol. The van der Waals surface area contributed by atoms with E-state index in [4.69, 9.17) is 24.3 Å². The number of rotatable bonds is 25. The van der Waals surface area contributed by atoms with Gasteiger partial charge in [-0.05, 0) is 45.4 Å². The van der Waals surface area contributed by atoms with Crippen molar-refractivity contribution >= 4 is 19.8 Å². The lowest BCUT2D eigenvalue weighted by atomic mass is 10.2. The maximum absolute atomic E-state index is 12.3. The highest BCUT2D eigenvalue weighted by atomic mass is 31.2. The summed E-state index contributed by atoms with van der Waals surface area (Å²) in [5, 5.41) is 0. The Kier molecular flexibility index (Phi) is 26.4. The predicted molar refractivity (Wildman–Crippen MR) is 169 cm³/mol. The summed E-state index contributed by atoms with van der Waals surface area (Å²) in [4.78, 5) is 34.2. The van der Waals surface area contributed by atoms with E-state index in [0.717, 1.165) is 32.1 Å². The van der Waals surface area contributed by atoms with E-state index in [-0.39, 0.29) is 32.6 Å². The van der Waals surface area contributed by atoms with Gasteiger partial charge < -0.3 is 20.1 Å². The van der Waals surface area contributed by atoms with Gasteiger partial charge in [-0.2, -0.15) is 0 Å². The number of phosphoric acid groups is 1. The molecule has 0 aliphatic carbocycles. The minimum Gasteiger partial charge on any atom is -0.461 e. The summed E-state index contributed by atoms with van der Waals surface area (Å²) < 4.78 is 32.1. The zero-order valence-electron chi connectivity index (χ0n) is 25.2. The largest absolute Gasteiger partial charge is 0.472 e. The summed E-state index contributed by atoms with van der Waals surface area (Å²) in [7, 11) is -4.40. The number of allylic oxidation sites excluding steroid dienone is 12. The third kappa shape index (κ3) is 27.4. The average Bonchev–Trinajstić information content (AvgIpc) is 2.97. The molecule has 10 heteroatoms. The van der Waals surface area contributed by atoms with E-state index in [1.807, 2.05) is 43.4 Å². The molecule has 0 rings (SSSR count). The lowest BCUT2D eigenvalue weighted by molar-refractivity contribution is -0.160. The number of unbranched alkanes of at least 4 members (excludes halogenated alkanes) is 1. The van der Waals surface area contributed by atoms with Crippen molar-refractivity contribution in [2.75, 3.05) is 26.4 Å². The van der Waals surface area contributed by atoms with Crippen LogP contribution >= 0.6 is 7.82 Å². The fourth-order valence-corrected chi connectivity index (χ4v) is 3.78. The van der Waals surface area contributed by atoms with E-state index in [2.05, 4.69) is 43.4 Å². The molecular weight excluding hydrogens is 557 g/mol. The lowest BCUT2D eigenvalue weighted by Crippen LogP contribution is -2.29. The van der Waals surface area contributed by atoms with Gasteiger partial charge >= 0.3 is 19.8 Å². The summed E-state index contributed by atoms with van der Waals surface area (Å²) in [5.74, 6) is -1.13. The normalized spacial score (nSPS) is 14.9. The molecule has 42 heavy (non-hydrogen) atoms. The first-order chi connectivity index (χ1) is 20.3. The van der Waals surface area contributed by atoms with Crippen molar-refractivity contribution in [3.05, 3.63) is 85.1 Å². The molecule has 0 aromatic rings. The number of carbonyl (C=O) groups excluding carboxylic acids is 2. The molecule has 0 aromatic carbocycles. The first kappa shape index (κ1) is 39.2. The molecule has 0 aromatic heterocycles. The van der Waals surface area contributed by atoms with Gasteiger partial charge in [0.15, 0.2) is 6.10 Å². The summed E-state index contributed by atoms with van der Waals surface area (Å²) >= 11 is 0. The van der Waals surface area contributed by atoms with Gasteiger partial charge in [-0.3, -0.25) is 18.6 Å². The Morgan fingerprint density at radius 2 is 1.24 bits per heavy atom. The Bertz CT molecular complexity index is 966. The van der Waals surface area contributed by atoms with Crippen molar-refractivity contribution in [1.29, 1.82) is 0 Å². The van der Waals surface area contributed by atoms with Crippen LogP contribution in [0.25, 0.3) is 0 Å². The summed E-state index contributed by atoms with van der Waals surface area (Å²) in [5.41, 5.74) is 5.28. The fourth-order valence-electron chi connectivity index (χ4n) is 3.02. The van der Waals surface area contributed by atoms with Crippen molar-refractivity contribution in [2.24, 2.45) is 5.73 Å². The third-order valence-corrected chi connectivity index (χ3v) is 6.13. The Balaban J connectivity index is 4.65. The molecule has 0 amide bonds. The Hall–Kier alpha value is -2.81. The molecule has 0 aliphatic rings. The van der Waals surface area contributed by atoms with E-state index in [9.17, 15) is 19.0 Å². The third-order valence-electron chi connectivity index (χ3n) is 5.15. The number of hydrogen-bond acceptors (Lipinski definition) is 8. The molecular formula is C32H50NO8P. The van der Waals surface area contributed by atoms with E-state index in [0.29, 0.717) is 12.8 Å². The highest BCUT2D eigenvalue weighted by molar-refractivity contribution is 7.47. The van der Waals surface area contributed by atoms with Crippen LogP contribution in [0.4, 0.5) is 0 Å². The van der Waals surface area contributed by atoms with Crippen LogP contribution in [0.5, 0.6) is 0 Å². The van der Waals surface area contributed by atoms with Gasteiger partial charge in [0.25, 0.3) is 0 Å². The predicted octanol–water partition coefficient (Wildman–Crippen LogP) is 6.98. The van der Waals surface area contributed by atoms with Gasteiger partial charge in [0, 0.05) is 6.54 Å². The highest BCUT2D eigenvalue weighted by Crippen LogP contribution is 2.43. The molecule has 0 saturated carbocycles. The number of ether oxygens (including phenoxy) is 2. The molecule has 0 radical (unpaired) electrons. The van der Waals surface area contributed by atoms with Crippen LogP contribution in [-0.4, -0.2) is 49.3 Å². The second-order valence-corrected chi connectivity index (χ2v) is 10.4. The maximum atomic E-state index is 12.3. The molecule has 0 spiro atoms. The quantitative estimate of drug-likeness (QED) is 0.0640. The molecule has 0 fully saturated rings. The second-order valence-electron chi connectivity index (χ2n) is 8.95. The minimum absolute atomic E-state index is 0.0169. The van der Waals surface area contributed by atoms with Crippen LogP contribution in [0, 0.1) is 0 Å². The van der Waals surface area contributed by atoms with Gasteiger partial charge in [-0.25, -0.2) is 4.57 Å². The van der Waals surface area contributed by atoms with E-state index in [1.54, 1.807) is 12.2 Å². The van der Waals surface area contributed by atoms with Crippen LogP contribution in [0.1, 0.15) is 71.6 Å². The van der Waals surface area contributed by atoms with Gasteiger partial charge in [-0.1, -0.05) is 98.4 Å². The summed E-state index contributed by atoms with van der Waals surface area (Å²) in [6, 6.07) is 0. The Morgan fingerprint density at radius 3 is 1.76 bits per heavy atom. The SMILES string of the molecule is CC=CCC=CCC=CCC=CCC(=O)OC[C@H](COP(=O)(O)OCCN)OC(=O)CC=CCC=CCC=CCCC. The minimum atomic E-state index is -4.40. The van der Waals surface area contributed by atoms with Crippen molar-refractivity contribution < 1.29 is 37.6 Å². The van der Waals surface area contributed by atoms with E-state index in [1.165, 1.54) is 0 Å². The molecule has 0 aliphatic heterocycles. The van der Waals surface area contributed by atoms with Crippen molar-refractivity contribution in [1.82, 2.24) is 0 Å². The van der Waals surface area contributed by atoms with Crippen LogP contribution in [0.2, 0.25) is 0 Å². The van der Waals surface area contributed by atoms with Crippen LogP contribution in [0.3, 0.4) is 0 Å². The summed E-state index contributed by atoms with van der Waals surface area (Å²) in [6.45, 7) is 3.12. The number of phosphoric ester groups is 1. The molecule has 3 N–H and O–H groups in total. The van der Waals surface area contributed by atoms with Crippen molar-refractivity contribution in [3.8, 4) is 0 Å². The maximum Gasteiger partial charge on any atom is 0.472 e. The molecule has 1 unspecified atom stereocenters. The molecule has 9 nitrogen and oxygen atoms in total. The van der Waals surface area contributed by atoms with Crippen LogP contribution < -0.4 is 5.73 Å². The Morgan fingerprint density at radius 1 is 0.738 bits per heavy atom. The van der Waals surface area contributed by atoms with Crippen molar-refractivity contribution in [2.45, 2.75) is 77.7 Å². The van der Waals surface area contributed by atoms with Crippen LogP contribution in [-0.2, 0) is 32.7 Å². The number of esters is 2. The number of nitrogens with two attached hydrogens (primary N) is 1. The van der Waals surface area contributed by atoms with Gasteiger partial charge in [0.05, 0.1) is 26.1 Å². The topological polar surface area (TPSA) is 134 Å². The zero-order chi connectivity index (χ0) is 31.2. The standard InChI is InChI=1S/C32H50NO8P/c1-3-5-7-9-11-13-15-17-18-20-22-24-31(34)38-28-30(29-40-42(36,37)39-27-26-33)41-32(35)25-23-21-19-16-14-12-10-8-6-4-2/h3,5,8-11,14-17,20-23,30H,4,6-7,12-13,18-19,24-29,33H2,1-2H3,(H,36,37)/t30-/m1/s1. The van der Waals surface area contributed by atoms with Crippen LogP contribution in [0.15, 0.2) is 85.1 Å². The molecule has 0 saturated heterocycles. The van der Waals surface area contributed by atoms with Gasteiger partial charge in [-0.15, -0.1) is 0 Å². The molecule has 236 valence electrons. The smallest absolute Gasteiger partial charge is 0.461 e. The summed E-state index contributed by atoms with van der Waals surface area (Å²) in [6.07, 6.45) is 32.8. The lowest BCUT2D eigenvalue weighted by Gasteiger charge is -2.19. The molecule has 0 bridgehead atoms.